The zero-order valence-electron chi connectivity index (χ0n) is 10.0. The number of allylic oxidation sites excluding steroid dienone is 3. The highest BCUT2D eigenvalue weighted by Crippen LogP contribution is 2.15. The lowest BCUT2D eigenvalue weighted by molar-refractivity contribution is 0.244. The molecule has 17 heavy (non-hydrogen) atoms. The summed E-state index contributed by atoms with van der Waals surface area (Å²) in [4.78, 5) is 1.80. The van der Waals surface area contributed by atoms with Crippen molar-refractivity contribution in [2.24, 2.45) is 0 Å². The molecule has 0 aliphatic rings. The average molecular weight is 228 g/mol. The molecule has 3 heteroatoms. The number of anilines is 1. The van der Waals surface area contributed by atoms with Gasteiger partial charge in [0, 0.05) is 12.7 Å². The first-order chi connectivity index (χ1) is 8.15. The van der Waals surface area contributed by atoms with Gasteiger partial charge in [0.05, 0.1) is 6.10 Å². The number of nitriles is 1. The van der Waals surface area contributed by atoms with Crippen LogP contribution in [0.15, 0.2) is 54.3 Å². The van der Waals surface area contributed by atoms with Crippen LogP contribution >= 0.6 is 0 Å². The van der Waals surface area contributed by atoms with Crippen LogP contribution in [0, 0.1) is 11.3 Å². The second kappa shape index (κ2) is 6.51. The van der Waals surface area contributed by atoms with Gasteiger partial charge >= 0.3 is 0 Å². The molecular formula is C14H16N2O. The van der Waals surface area contributed by atoms with Gasteiger partial charge in [-0.2, -0.15) is 5.26 Å². The molecule has 0 saturated carbocycles. The van der Waals surface area contributed by atoms with E-state index in [9.17, 15) is 0 Å². The number of aliphatic hydroxyl groups excluding tert-OH is 1. The third-order valence-electron chi connectivity index (χ3n) is 2.26. The van der Waals surface area contributed by atoms with Gasteiger partial charge in [0.1, 0.15) is 11.8 Å². The minimum Gasteiger partial charge on any atom is -0.389 e. The summed E-state index contributed by atoms with van der Waals surface area (Å²) in [5, 5.41) is 18.1. The molecule has 1 aromatic carbocycles. The number of rotatable bonds is 4. The zero-order valence-corrected chi connectivity index (χ0v) is 10.0. The van der Waals surface area contributed by atoms with E-state index in [1.165, 1.54) is 0 Å². The Morgan fingerprint density at radius 3 is 2.59 bits per heavy atom. The van der Waals surface area contributed by atoms with Crippen molar-refractivity contribution >= 4 is 5.69 Å². The van der Waals surface area contributed by atoms with Crippen molar-refractivity contribution in [2.45, 2.75) is 13.0 Å². The van der Waals surface area contributed by atoms with Gasteiger partial charge < -0.3 is 10.0 Å². The monoisotopic (exact) mass is 228 g/mol. The maximum Gasteiger partial charge on any atom is 0.120 e. The molecule has 1 atom stereocenters. The van der Waals surface area contributed by atoms with E-state index in [0.29, 0.717) is 5.70 Å². The largest absolute Gasteiger partial charge is 0.389 e. The summed E-state index contributed by atoms with van der Waals surface area (Å²) >= 11 is 0. The Balaban J connectivity index is 2.86. The van der Waals surface area contributed by atoms with Gasteiger partial charge in [-0.1, -0.05) is 30.4 Å². The second-order valence-corrected chi connectivity index (χ2v) is 3.68. The van der Waals surface area contributed by atoms with Crippen molar-refractivity contribution in [3.8, 4) is 6.07 Å². The minimum atomic E-state index is -0.506. The molecule has 0 fully saturated rings. The zero-order chi connectivity index (χ0) is 12.7. The predicted octanol–water partition coefficient (Wildman–Crippen LogP) is 2.47. The van der Waals surface area contributed by atoms with Crippen LogP contribution in [0.5, 0.6) is 0 Å². The molecule has 3 nitrogen and oxygen atoms in total. The Morgan fingerprint density at radius 1 is 1.41 bits per heavy atom. The smallest absolute Gasteiger partial charge is 0.120 e. The van der Waals surface area contributed by atoms with E-state index in [-0.39, 0.29) is 0 Å². The van der Waals surface area contributed by atoms with Gasteiger partial charge in [0.15, 0.2) is 0 Å². The van der Waals surface area contributed by atoms with E-state index in [1.807, 2.05) is 37.4 Å². The third kappa shape index (κ3) is 4.13. The summed E-state index contributed by atoms with van der Waals surface area (Å²) in [6.07, 6.45) is 4.48. The van der Waals surface area contributed by atoms with Crippen LogP contribution in [0.25, 0.3) is 0 Å². The third-order valence-corrected chi connectivity index (χ3v) is 2.26. The molecule has 0 aliphatic heterocycles. The first kappa shape index (κ1) is 13.0. The Bertz CT molecular complexity index is 441. The van der Waals surface area contributed by atoms with Gasteiger partial charge in [-0.3, -0.25) is 0 Å². The molecule has 1 aromatic rings. The summed E-state index contributed by atoms with van der Waals surface area (Å²) < 4.78 is 0. The highest BCUT2D eigenvalue weighted by Gasteiger charge is 2.04. The lowest BCUT2D eigenvalue weighted by Crippen LogP contribution is -2.14. The molecular weight excluding hydrogens is 212 g/mol. The molecule has 0 saturated heterocycles. The minimum absolute atomic E-state index is 0.506. The molecule has 1 unspecified atom stereocenters. The molecule has 0 bridgehead atoms. The predicted molar refractivity (Wildman–Crippen MR) is 69.4 cm³/mol. The Morgan fingerprint density at radius 2 is 2.06 bits per heavy atom. The van der Waals surface area contributed by atoms with Crippen molar-refractivity contribution in [3.63, 3.8) is 0 Å². The van der Waals surface area contributed by atoms with Crippen molar-refractivity contribution in [3.05, 3.63) is 54.3 Å². The lowest BCUT2D eigenvalue weighted by atomic mass is 10.2. The maximum atomic E-state index is 9.08. The van der Waals surface area contributed by atoms with Crippen LogP contribution in [0.1, 0.15) is 6.92 Å². The number of benzene rings is 1. The molecule has 0 aliphatic carbocycles. The second-order valence-electron chi connectivity index (χ2n) is 3.68. The number of nitrogens with zero attached hydrogens (tertiary/aromatic N) is 2. The van der Waals surface area contributed by atoms with Crippen LogP contribution in [0.2, 0.25) is 0 Å². The standard InChI is InChI=1S/C14H16N2O/c1-12(17)7-6-10-14(11-15)16(2)13-8-4-3-5-9-13/h3-10,12,17H,1-2H3/b7-6+,14-10-. The fraction of sp³-hybridized carbons (Fsp3) is 0.214. The highest BCUT2D eigenvalue weighted by atomic mass is 16.3. The maximum absolute atomic E-state index is 9.08. The molecule has 0 heterocycles. The van der Waals surface area contributed by atoms with E-state index in [0.717, 1.165) is 5.69 Å². The fourth-order valence-corrected chi connectivity index (χ4v) is 1.32. The summed E-state index contributed by atoms with van der Waals surface area (Å²) in [5.41, 5.74) is 1.47. The first-order valence-corrected chi connectivity index (χ1v) is 5.40. The Kier molecular flexibility index (Phi) is 4.99. The van der Waals surface area contributed by atoms with Crippen molar-refractivity contribution in [1.82, 2.24) is 0 Å². The van der Waals surface area contributed by atoms with Crippen LogP contribution < -0.4 is 4.90 Å². The number of hydrogen-bond acceptors (Lipinski definition) is 3. The van der Waals surface area contributed by atoms with Crippen LogP contribution in [0.3, 0.4) is 0 Å². The molecule has 1 rings (SSSR count). The van der Waals surface area contributed by atoms with Gasteiger partial charge in [-0.05, 0) is 25.1 Å². The number of aliphatic hydroxyl groups is 1. The van der Waals surface area contributed by atoms with E-state index < -0.39 is 6.10 Å². The number of para-hydroxylation sites is 1. The van der Waals surface area contributed by atoms with Crippen molar-refractivity contribution < 1.29 is 5.11 Å². The Hall–Kier alpha value is -2.05. The van der Waals surface area contributed by atoms with E-state index in [4.69, 9.17) is 10.4 Å². The number of hydrogen-bond donors (Lipinski definition) is 1. The normalized spacial score (nSPS) is 13.4. The first-order valence-electron chi connectivity index (χ1n) is 5.40. The molecule has 0 aromatic heterocycles. The van der Waals surface area contributed by atoms with Gasteiger partial charge in [0.25, 0.3) is 0 Å². The van der Waals surface area contributed by atoms with Gasteiger partial charge in [-0.25, -0.2) is 0 Å². The van der Waals surface area contributed by atoms with Crippen molar-refractivity contribution in [1.29, 1.82) is 5.26 Å². The lowest BCUT2D eigenvalue weighted by Gasteiger charge is -2.17. The van der Waals surface area contributed by atoms with Crippen LogP contribution in [-0.4, -0.2) is 18.3 Å². The van der Waals surface area contributed by atoms with E-state index >= 15 is 0 Å². The summed E-state index contributed by atoms with van der Waals surface area (Å²) in [5.74, 6) is 0. The summed E-state index contributed by atoms with van der Waals surface area (Å²) in [6, 6.07) is 11.8. The Labute approximate surface area is 102 Å². The highest BCUT2D eigenvalue weighted by molar-refractivity contribution is 5.54. The molecule has 88 valence electrons. The van der Waals surface area contributed by atoms with E-state index in [2.05, 4.69) is 6.07 Å². The summed E-state index contributed by atoms with van der Waals surface area (Å²) in [7, 11) is 1.83. The van der Waals surface area contributed by atoms with Crippen LogP contribution in [0.4, 0.5) is 5.69 Å². The molecule has 1 N–H and O–H groups in total. The average Bonchev–Trinajstić information content (AvgIpc) is 2.34. The van der Waals surface area contributed by atoms with Gasteiger partial charge in [0.2, 0.25) is 0 Å². The van der Waals surface area contributed by atoms with Gasteiger partial charge in [-0.15, -0.1) is 0 Å². The topological polar surface area (TPSA) is 47.3 Å². The molecule has 0 amide bonds. The molecule has 0 spiro atoms. The summed E-state index contributed by atoms with van der Waals surface area (Å²) in [6.45, 7) is 1.66. The SMILES string of the molecule is CC(O)/C=C/C=C(/C#N)N(C)c1ccccc1. The van der Waals surface area contributed by atoms with E-state index in [1.54, 1.807) is 30.1 Å². The molecule has 0 radical (unpaired) electrons. The van der Waals surface area contributed by atoms with Crippen LogP contribution in [-0.2, 0) is 0 Å². The quantitative estimate of drug-likeness (QED) is 0.636. The fourth-order valence-electron chi connectivity index (χ4n) is 1.32. The van der Waals surface area contributed by atoms with Crippen molar-refractivity contribution in [2.75, 3.05) is 11.9 Å².